The van der Waals surface area contributed by atoms with Crippen LogP contribution >= 0.6 is 0 Å². The van der Waals surface area contributed by atoms with Gasteiger partial charge in [-0.25, -0.2) is 18.5 Å². The van der Waals surface area contributed by atoms with Gasteiger partial charge in [0.1, 0.15) is 5.82 Å². The molecule has 16 heteroatoms. The van der Waals surface area contributed by atoms with Crippen LogP contribution in [0.2, 0.25) is 0 Å². The lowest BCUT2D eigenvalue weighted by molar-refractivity contribution is -0.372. The van der Waals surface area contributed by atoms with E-state index in [-0.39, 0.29) is 15.8 Å². The van der Waals surface area contributed by atoms with Crippen molar-refractivity contribution in [3.63, 3.8) is 0 Å². The molecule has 9 nitrogen and oxygen atoms in total. The normalized spacial score (nSPS) is 13.2. The third-order valence-electron chi connectivity index (χ3n) is 6.77. The van der Waals surface area contributed by atoms with Crippen molar-refractivity contribution in [3.8, 4) is 11.3 Å². The van der Waals surface area contributed by atoms with Crippen molar-refractivity contribution in [1.29, 1.82) is 0 Å². The topological polar surface area (TPSA) is 136 Å². The van der Waals surface area contributed by atoms with E-state index in [9.17, 15) is 39.9 Å². The molecule has 0 aliphatic carbocycles. The molecular weight excluding hydrogens is 590 g/mol. The Kier molecular flexibility index (Phi) is 6.90. The Morgan fingerprint density at radius 2 is 1.60 bits per heavy atom. The van der Waals surface area contributed by atoms with Gasteiger partial charge in [0.05, 0.1) is 28.8 Å². The molecule has 2 aromatic carbocycles. The lowest BCUT2D eigenvalue weighted by atomic mass is 9.98. The molecule has 0 spiro atoms. The number of anilines is 2. The number of nitrogens with two attached hydrogens (primary N) is 1. The summed E-state index contributed by atoms with van der Waals surface area (Å²) in [5, 5.41) is 23.1. The zero-order valence-electron chi connectivity index (χ0n) is 21.4. The van der Waals surface area contributed by atoms with Gasteiger partial charge < -0.3 is 10.4 Å². The fraction of sp³-hybridized carbons (Fsp3) is 0.192. The Morgan fingerprint density at radius 1 is 0.929 bits per heavy atom. The number of nitrogens with zero attached hydrogens (tertiary/aromatic N) is 4. The predicted octanol–water partition coefficient (Wildman–Crippen LogP) is 5.20. The van der Waals surface area contributed by atoms with E-state index in [4.69, 9.17) is 5.14 Å². The highest BCUT2D eigenvalue weighted by molar-refractivity contribution is 7.89. The van der Waals surface area contributed by atoms with Gasteiger partial charge in [0.2, 0.25) is 10.0 Å². The number of aromatic nitrogens is 4. The van der Waals surface area contributed by atoms with E-state index in [1.165, 1.54) is 42.6 Å². The SMILES string of the molecule is Cc1c(-c2nccc3cnc(Nc4ccc(S(N)(=O)=O)cc4)cc23)ccc2c1cnn2CC(O)(C(F)(F)F)C(F)(F)F. The number of rotatable bonds is 6. The Bertz CT molecular complexity index is 1910. The number of hydrogen-bond acceptors (Lipinski definition) is 7. The molecular formula is C26H20F6N6O3S. The molecule has 0 bridgehead atoms. The summed E-state index contributed by atoms with van der Waals surface area (Å²) >= 11 is 0. The van der Waals surface area contributed by atoms with Crippen LogP contribution in [-0.4, -0.2) is 51.2 Å². The number of sulfonamides is 1. The van der Waals surface area contributed by atoms with Crippen molar-refractivity contribution in [2.24, 2.45) is 5.14 Å². The molecule has 3 heterocycles. The van der Waals surface area contributed by atoms with Crippen molar-refractivity contribution in [1.82, 2.24) is 19.7 Å². The van der Waals surface area contributed by atoms with Crippen molar-refractivity contribution in [2.75, 3.05) is 5.32 Å². The molecule has 0 saturated carbocycles. The van der Waals surface area contributed by atoms with Crippen LogP contribution in [0.1, 0.15) is 5.56 Å². The van der Waals surface area contributed by atoms with E-state index in [0.717, 1.165) is 6.20 Å². The summed E-state index contributed by atoms with van der Waals surface area (Å²) in [4.78, 5) is 8.75. The number of halogens is 6. The lowest BCUT2D eigenvalue weighted by Crippen LogP contribution is -2.59. The minimum Gasteiger partial charge on any atom is -0.372 e. The maximum Gasteiger partial charge on any atom is 0.428 e. The third-order valence-corrected chi connectivity index (χ3v) is 7.70. The molecule has 0 unspecified atom stereocenters. The second-order valence-electron chi connectivity index (χ2n) is 9.47. The van der Waals surface area contributed by atoms with E-state index < -0.39 is 34.5 Å². The summed E-state index contributed by atoms with van der Waals surface area (Å²) in [5.41, 5.74) is -3.07. The molecule has 42 heavy (non-hydrogen) atoms. The quantitative estimate of drug-likeness (QED) is 0.225. The summed E-state index contributed by atoms with van der Waals surface area (Å²) < 4.78 is 103. The second-order valence-corrected chi connectivity index (χ2v) is 11.0. The van der Waals surface area contributed by atoms with E-state index in [1.807, 2.05) is 0 Å². The van der Waals surface area contributed by atoms with Crippen molar-refractivity contribution < 1.29 is 39.9 Å². The van der Waals surface area contributed by atoms with Gasteiger partial charge in [-0.15, -0.1) is 0 Å². The highest BCUT2D eigenvalue weighted by Crippen LogP contribution is 2.44. The first-order valence-electron chi connectivity index (χ1n) is 12.0. The first kappa shape index (κ1) is 29.2. The molecule has 0 atom stereocenters. The fourth-order valence-electron chi connectivity index (χ4n) is 4.46. The molecule has 0 radical (unpaired) electrons. The standard InChI is InChI=1S/C26H20F6N6O3S/c1-14-18(6-7-21-20(14)12-36-38(21)13-24(39,25(27,28)29)26(30,31)32)23-19-10-22(35-11-15(19)8-9-34-23)37-16-2-4-17(5-3-16)42(33,40)41/h2-12,39H,13H2,1H3,(H,35,37)(H2,33,40,41). The molecule has 5 rings (SSSR count). The molecule has 0 fully saturated rings. The van der Waals surface area contributed by atoms with Gasteiger partial charge in [-0.2, -0.15) is 31.4 Å². The highest BCUT2D eigenvalue weighted by atomic mass is 32.2. The smallest absolute Gasteiger partial charge is 0.372 e. The average Bonchev–Trinajstić information content (AvgIpc) is 3.30. The van der Waals surface area contributed by atoms with Gasteiger partial charge in [0.15, 0.2) is 0 Å². The second kappa shape index (κ2) is 9.92. The van der Waals surface area contributed by atoms with Crippen LogP contribution < -0.4 is 10.5 Å². The van der Waals surface area contributed by atoms with Crippen molar-refractivity contribution in [2.45, 2.75) is 36.3 Å². The van der Waals surface area contributed by atoms with E-state index in [1.54, 1.807) is 25.3 Å². The number of pyridine rings is 2. The first-order valence-corrected chi connectivity index (χ1v) is 13.5. The van der Waals surface area contributed by atoms with E-state index in [0.29, 0.717) is 43.8 Å². The van der Waals surface area contributed by atoms with Crippen LogP contribution in [-0.2, 0) is 16.6 Å². The van der Waals surface area contributed by atoms with Crippen LogP contribution in [0.4, 0.5) is 37.8 Å². The minimum atomic E-state index is -5.99. The number of primary sulfonamides is 1. The summed E-state index contributed by atoms with van der Waals surface area (Å²) in [7, 11) is -3.87. The molecule has 0 saturated heterocycles. The number of aryl methyl sites for hydroxylation is 1. The summed E-state index contributed by atoms with van der Waals surface area (Å²) in [6.07, 6.45) is -7.75. The third kappa shape index (κ3) is 5.12. The Labute approximate surface area is 233 Å². The zero-order chi connectivity index (χ0) is 30.7. The van der Waals surface area contributed by atoms with Crippen LogP contribution in [0.3, 0.4) is 0 Å². The Hall–Kier alpha value is -4.28. The molecule has 5 aromatic rings. The largest absolute Gasteiger partial charge is 0.428 e. The van der Waals surface area contributed by atoms with Gasteiger partial charge >= 0.3 is 12.4 Å². The fourth-order valence-corrected chi connectivity index (χ4v) is 4.97. The maximum absolute atomic E-state index is 13.3. The van der Waals surface area contributed by atoms with Crippen LogP contribution in [0.25, 0.3) is 32.9 Å². The number of alkyl halides is 6. The van der Waals surface area contributed by atoms with Crippen LogP contribution in [0.15, 0.2) is 72.0 Å². The maximum atomic E-state index is 13.3. The monoisotopic (exact) mass is 610 g/mol. The summed E-state index contributed by atoms with van der Waals surface area (Å²) in [5.74, 6) is 0.380. The number of benzene rings is 2. The Balaban J connectivity index is 1.53. The molecule has 220 valence electrons. The van der Waals surface area contributed by atoms with Gasteiger partial charge in [-0.05, 0) is 55.0 Å². The summed E-state index contributed by atoms with van der Waals surface area (Å²) in [6, 6.07) is 11.9. The first-order chi connectivity index (χ1) is 19.5. The molecule has 0 aliphatic heterocycles. The van der Waals surface area contributed by atoms with Crippen molar-refractivity contribution in [3.05, 3.63) is 72.7 Å². The molecule has 0 amide bonds. The van der Waals surface area contributed by atoms with Gasteiger partial charge in [-0.1, -0.05) is 6.07 Å². The number of fused-ring (bicyclic) bond motifs is 2. The Morgan fingerprint density at radius 3 is 2.21 bits per heavy atom. The van der Waals surface area contributed by atoms with E-state index >= 15 is 0 Å². The summed E-state index contributed by atoms with van der Waals surface area (Å²) in [6.45, 7) is -0.259. The molecule has 3 aromatic heterocycles. The van der Waals surface area contributed by atoms with Gasteiger partial charge in [-0.3, -0.25) is 9.67 Å². The lowest BCUT2D eigenvalue weighted by Gasteiger charge is -2.32. The highest BCUT2D eigenvalue weighted by Gasteiger charge is 2.70. The average molecular weight is 611 g/mol. The van der Waals surface area contributed by atoms with Crippen LogP contribution in [0, 0.1) is 6.92 Å². The zero-order valence-corrected chi connectivity index (χ0v) is 22.2. The minimum absolute atomic E-state index is 0.0459. The van der Waals surface area contributed by atoms with Gasteiger partial charge in [0, 0.05) is 39.8 Å². The number of hydrogen-bond donors (Lipinski definition) is 3. The number of aliphatic hydroxyl groups is 1. The van der Waals surface area contributed by atoms with Crippen LogP contribution in [0.5, 0.6) is 0 Å². The molecule has 0 aliphatic rings. The van der Waals surface area contributed by atoms with Gasteiger partial charge in [0.25, 0.3) is 5.60 Å². The number of nitrogens with one attached hydrogen (secondary N) is 1. The van der Waals surface area contributed by atoms with Crippen molar-refractivity contribution >= 4 is 43.2 Å². The van der Waals surface area contributed by atoms with E-state index in [2.05, 4.69) is 20.4 Å². The predicted molar refractivity (Wildman–Crippen MR) is 141 cm³/mol. The molecule has 4 N–H and O–H groups in total.